The molecule has 9 atom stereocenters. The number of carbonyl (C=O) groups excluding carboxylic acids is 4. The Hall–Kier alpha value is -5.11. The summed E-state index contributed by atoms with van der Waals surface area (Å²) in [5.41, 5.74) is 2.29. The minimum atomic E-state index is -2.07. The van der Waals surface area contributed by atoms with Gasteiger partial charge in [-0.25, -0.2) is 4.39 Å². The number of ether oxygens (including phenoxy) is 2. The number of pyridine rings is 1. The molecular weight excluding hydrogens is 744 g/mol. The van der Waals surface area contributed by atoms with Gasteiger partial charge in [-0.2, -0.15) is 0 Å². The van der Waals surface area contributed by atoms with Crippen molar-refractivity contribution in [2.24, 2.45) is 34.3 Å². The van der Waals surface area contributed by atoms with Crippen LogP contribution in [-0.2, 0) is 35.3 Å². The van der Waals surface area contributed by atoms with Gasteiger partial charge in [-0.3, -0.25) is 24.2 Å². The highest BCUT2D eigenvalue weighted by Gasteiger charge is 2.75. The van der Waals surface area contributed by atoms with Crippen LogP contribution < -0.4 is 11.1 Å². The molecule has 4 aliphatic carbocycles. The van der Waals surface area contributed by atoms with Gasteiger partial charge in [0.15, 0.2) is 11.5 Å². The lowest BCUT2D eigenvalue weighted by atomic mass is 9.44. The summed E-state index contributed by atoms with van der Waals surface area (Å²) in [7, 11) is 0. The van der Waals surface area contributed by atoms with Crippen molar-refractivity contribution in [2.45, 2.75) is 89.2 Å². The second-order valence-electron chi connectivity index (χ2n) is 16.9. The number of rotatable bonds is 12. The van der Waals surface area contributed by atoms with E-state index in [4.69, 9.17) is 20.6 Å². The van der Waals surface area contributed by atoms with Crippen LogP contribution in [-0.4, -0.2) is 75.1 Å². The lowest BCUT2D eigenvalue weighted by Gasteiger charge is -2.62. The zero-order valence-corrected chi connectivity index (χ0v) is 33.0. The van der Waals surface area contributed by atoms with Crippen molar-refractivity contribution in [3.8, 4) is 0 Å². The molecule has 0 saturated heterocycles. The number of ketones is 1. The van der Waals surface area contributed by atoms with Gasteiger partial charge in [-0.15, -0.1) is 0 Å². The molecule has 1 heterocycles. The number of esters is 2. The van der Waals surface area contributed by atoms with E-state index < -0.39 is 64.5 Å². The number of carbonyl (C=O) groups is 4. The van der Waals surface area contributed by atoms with Crippen LogP contribution in [0.25, 0.3) is 10.8 Å². The van der Waals surface area contributed by atoms with E-state index in [0.29, 0.717) is 41.6 Å². The summed E-state index contributed by atoms with van der Waals surface area (Å²) in [6, 6.07) is 14.4. The van der Waals surface area contributed by atoms with Gasteiger partial charge in [-0.05, 0) is 91.3 Å². The van der Waals surface area contributed by atoms with Crippen LogP contribution in [0.5, 0.6) is 0 Å². The summed E-state index contributed by atoms with van der Waals surface area (Å²) in [6.45, 7) is 4.80. The van der Waals surface area contributed by atoms with E-state index >= 15 is 4.39 Å². The number of benzene rings is 2. The first-order valence-corrected chi connectivity index (χ1v) is 19.9. The van der Waals surface area contributed by atoms with E-state index in [1.807, 2.05) is 18.2 Å². The number of nitrogens with one attached hydrogen (secondary N) is 2. The van der Waals surface area contributed by atoms with Crippen molar-refractivity contribution < 1.29 is 43.3 Å². The standard InChI is InChI=1S/C45H51FN4O8/c1-26-18-36-35-11-9-31-20-33(51)14-16-42(31,2)44(35,46)38(52)21-43(36,3)45(26,56)37(48)25-58-40(54)13-12-39(53)57-24-27-4-6-28(7-5-27)34(22-47)41(55)50-32-10-8-30-23-49-17-15-29(30)19-32/h4-8,10,14-17,19-20,23,26,34-36,38,48,52,56H,9,11-13,18,21-22,24-25,47H2,1-3H3,(H,50,55)/t26-,34?,35+,36+,38+,42+,43+,44+,45+/m1/s1. The Bertz CT molecular complexity index is 2210. The number of fused-ring (bicyclic) bond motifs is 6. The highest BCUT2D eigenvalue weighted by molar-refractivity contribution is 6.01. The van der Waals surface area contributed by atoms with Crippen LogP contribution in [0.15, 0.2) is 84.7 Å². The van der Waals surface area contributed by atoms with E-state index in [2.05, 4.69) is 10.3 Å². The third-order valence-corrected chi connectivity index (χ3v) is 13.8. The second kappa shape index (κ2) is 15.6. The van der Waals surface area contributed by atoms with E-state index in [9.17, 15) is 29.4 Å². The molecule has 3 saturated carbocycles. The molecule has 1 aromatic heterocycles. The molecular formula is C45H51FN4O8. The minimum absolute atomic E-state index is 0.0624. The highest BCUT2D eigenvalue weighted by atomic mass is 19.1. The van der Waals surface area contributed by atoms with E-state index in [-0.39, 0.29) is 55.7 Å². The van der Waals surface area contributed by atoms with Crippen LogP contribution in [0.3, 0.4) is 0 Å². The number of halogens is 1. The molecule has 306 valence electrons. The van der Waals surface area contributed by atoms with Gasteiger partial charge in [0.25, 0.3) is 0 Å². The van der Waals surface area contributed by atoms with Crippen molar-refractivity contribution in [3.63, 3.8) is 0 Å². The average Bonchev–Trinajstić information content (AvgIpc) is 3.41. The largest absolute Gasteiger partial charge is 0.461 e. The Labute approximate surface area is 336 Å². The summed E-state index contributed by atoms with van der Waals surface area (Å²) in [5, 5.41) is 37.6. The van der Waals surface area contributed by atoms with Gasteiger partial charge in [-0.1, -0.05) is 55.8 Å². The van der Waals surface area contributed by atoms with Crippen LogP contribution in [0.1, 0.15) is 76.3 Å². The van der Waals surface area contributed by atoms with Crippen molar-refractivity contribution >= 4 is 45.8 Å². The first-order chi connectivity index (χ1) is 27.5. The number of hydrogen-bond acceptors (Lipinski definition) is 11. The maximum atomic E-state index is 17.5. The lowest BCUT2D eigenvalue weighted by molar-refractivity contribution is -0.209. The summed E-state index contributed by atoms with van der Waals surface area (Å²) in [6.07, 6.45) is 6.96. The second-order valence-corrected chi connectivity index (χ2v) is 16.9. The molecule has 13 heteroatoms. The summed E-state index contributed by atoms with van der Waals surface area (Å²) in [4.78, 5) is 54.7. The number of allylic oxidation sites excluding steroid dienone is 4. The molecule has 0 spiro atoms. The molecule has 0 radical (unpaired) electrons. The van der Waals surface area contributed by atoms with Gasteiger partial charge in [0.05, 0.1) is 30.6 Å². The van der Waals surface area contributed by atoms with Crippen LogP contribution >= 0.6 is 0 Å². The number of aliphatic hydroxyl groups is 2. The lowest BCUT2D eigenvalue weighted by Crippen LogP contribution is -2.69. The molecule has 4 aliphatic rings. The highest BCUT2D eigenvalue weighted by Crippen LogP contribution is 2.70. The number of anilines is 1. The summed E-state index contributed by atoms with van der Waals surface area (Å²) >= 11 is 0. The third kappa shape index (κ3) is 6.86. The van der Waals surface area contributed by atoms with Gasteiger partial charge >= 0.3 is 11.9 Å². The Kier molecular flexibility index (Phi) is 11.0. The van der Waals surface area contributed by atoms with Gasteiger partial charge < -0.3 is 36.1 Å². The Balaban J connectivity index is 0.890. The molecule has 7 rings (SSSR count). The molecule has 2 aromatic carbocycles. The van der Waals surface area contributed by atoms with Gasteiger partial charge in [0.1, 0.15) is 18.8 Å². The number of alkyl halides is 1. The minimum Gasteiger partial charge on any atom is -0.461 e. The monoisotopic (exact) mass is 794 g/mol. The first-order valence-electron chi connectivity index (χ1n) is 19.9. The maximum Gasteiger partial charge on any atom is 0.306 e. The quantitative estimate of drug-likeness (QED) is 0.113. The first kappa shape index (κ1) is 41.1. The predicted octanol–water partition coefficient (Wildman–Crippen LogP) is 5.65. The number of nitrogens with two attached hydrogens (primary N) is 1. The van der Waals surface area contributed by atoms with E-state index in [0.717, 1.165) is 10.8 Å². The predicted molar refractivity (Wildman–Crippen MR) is 214 cm³/mol. The Morgan fingerprint density at radius 3 is 2.50 bits per heavy atom. The molecule has 12 nitrogen and oxygen atoms in total. The third-order valence-electron chi connectivity index (χ3n) is 13.8. The SMILES string of the molecule is C[C@@H]1C[C@H]2[C@@H]3CCC4=CC(=O)C=C[C@]4(C)[C@@]3(F)[C@@H](O)C[C@]2(C)[C@@]1(O)C(=N)COC(=O)CCC(=O)OCc1ccc(C(CN)C(=O)Nc2ccc3cnccc3c2)cc1. The molecule has 3 aromatic rings. The molecule has 0 aliphatic heterocycles. The van der Waals surface area contributed by atoms with E-state index in [1.165, 1.54) is 12.2 Å². The smallest absolute Gasteiger partial charge is 0.306 e. The molecule has 6 N–H and O–H groups in total. The molecule has 0 bridgehead atoms. The fraction of sp³-hybridized carbons (Fsp3) is 0.467. The molecule has 1 unspecified atom stereocenters. The Morgan fingerprint density at radius 1 is 1.05 bits per heavy atom. The number of aromatic nitrogens is 1. The Morgan fingerprint density at radius 2 is 1.78 bits per heavy atom. The van der Waals surface area contributed by atoms with Crippen LogP contribution in [0.2, 0.25) is 0 Å². The number of amides is 1. The topological polar surface area (TPSA) is 202 Å². The zero-order chi connectivity index (χ0) is 41.6. The number of aliphatic hydroxyl groups excluding tert-OH is 1. The van der Waals surface area contributed by atoms with Gasteiger partial charge in [0, 0.05) is 46.8 Å². The van der Waals surface area contributed by atoms with Crippen molar-refractivity contribution in [1.29, 1.82) is 5.41 Å². The van der Waals surface area contributed by atoms with Crippen molar-refractivity contribution in [3.05, 3.63) is 95.9 Å². The maximum absolute atomic E-state index is 17.5. The van der Waals surface area contributed by atoms with Crippen molar-refractivity contribution in [2.75, 3.05) is 18.5 Å². The summed E-state index contributed by atoms with van der Waals surface area (Å²) in [5.74, 6) is -3.97. The molecule has 3 fully saturated rings. The average molecular weight is 795 g/mol. The summed E-state index contributed by atoms with van der Waals surface area (Å²) < 4.78 is 28.2. The molecule has 1 amide bonds. The van der Waals surface area contributed by atoms with Gasteiger partial charge in [0.2, 0.25) is 5.91 Å². The van der Waals surface area contributed by atoms with Crippen LogP contribution in [0, 0.1) is 34.0 Å². The van der Waals surface area contributed by atoms with Crippen molar-refractivity contribution in [1.82, 2.24) is 4.98 Å². The van der Waals surface area contributed by atoms with E-state index in [1.54, 1.807) is 69.6 Å². The fourth-order valence-corrected chi connectivity index (χ4v) is 10.6. The number of hydrogen-bond donors (Lipinski definition) is 5. The zero-order valence-electron chi connectivity index (χ0n) is 33.0. The number of nitrogens with zero attached hydrogens (tertiary/aromatic N) is 1. The normalized spacial score (nSPS) is 31.6. The molecule has 58 heavy (non-hydrogen) atoms. The van der Waals surface area contributed by atoms with Crippen LogP contribution in [0.4, 0.5) is 10.1 Å². The fourth-order valence-electron chi connectivity index (χ4n) is 10.6.